The number of sulfonamides is 1. The highest BCUT2D eigenvalue weighted by Crippen LogP contribution is 2.32. The first-order valence-corrected chi connectivity index (χ1v) is 13.1. The van der Waals surface area contributed by atoms with Crippen molar-refractivity contribution in [3.8, 4) is 5.75 Å². The molecule has 10 heteroatoms. The number of para-hydroxylation sites is 2. The molecule has 1 heterocycles. The van der Waals surface area contributed by atoms with E-state index in [2.05, 4.69) is 5.32 Å². The highest BCUT2D eigenvalue weighted by molar-refractivity contribution is 7.92. The Balaban J connectivity index is 1.67. The van der Waals surface area contributed by atoms with Gasteiger partial charge in [-0.3, -0.25) is 18.5 Å². The molecular weight excluding hydrogens is 486 g/mol. The average Bonchev–Trinajstić information content (AvgIpc) is 3.18. The summed E-state index contributed by atoms with van der Waals surface area (Å²) in [6, 6.07) is 19.7. The van der Waals surface area contributed by atoms with E-state index in [-0.39, 0.29) is 21.5 Å². The van der Waals surface area contributed by atoms with E-state index < -0.39 is 22.5 Å². The molecule has 0 radical (unpaired) electrons. The van der Waals surface area contributed by atoms with Crippen LogP contribution in [-0.2, 0) is 14.8 Å². The lowest BCUT2D eigenvalue weighted by molar-refractivity contribution is -0.114. The van der Waals surface area contributed by atoms with Gasteiger partial charge in [0.1, 0.15) is 12.3 Å². The van der Waals surface area contributed by atoms with Crippen LogP contribution < -0.4 is 19.2 Å². The quantitative estimate of drug-likeness (QED) is 0.376. The average molecular weight is 512 g/mol. The lowest BCUT2D eigenvalue weighted by Crippen LogP contribution is -2.38. The van der Waals surface area contributed by atoms with Gasteiger partial charge >= 0.3 is 4.87 Å². The Morgan fingerprint density at radius 1 is 1.06 bits per heavy atom. The summed E-state index contributed by atoms with van der Waals surface area (Å²) in [5.41, 5.74) is 1.50. The monoisotopic (exact) mass is 511 g/mol. The van der Waals surface area contributed by atoms with Crippen LogP contribution in [0.2, 0.25) is 0 Å². The normalized spacial score (nSPS) is 11.5. The number of nitrogens with zero attached hydrogens (tertiary/aromatic N) is 2. The van der Waals surface area contributed by atoms with Gasteiger partial charge in [-0.25, -0.2) is 8.42 Å². The van der Waals surface area contributed by atoms with Crippen LogP contribution in [0.1, 0.15) is 19.9 Å². The topological polar surface area (TPSA) is 97.7 Å². The van der Waals surface area contributed by atoms with E-state index in [0.717, 1.165) is 25.9 Å². The smallest absolute Gasteiger partial charge is 0.308 e. The number of methoxy groups -OCH3 is 1. The summed E-state index contributed by atoms with van der Waals surface area (Å²) in [5.74, 6) is -0.216. The number of rotatable bonds is 8. The van der Waals surface area contributed by atoms with Gasteiger partial charge < -0.3 is 10.1 Å². The van der Waals surface area contributed by atoms with Crippen LogP contribution in [-0.4, -0.2) is 32.5 Å². The van der Waals surface area contributed by atoms with E-state index in [0.29, 0.717) is 11.4 Å². The number of aromatic nitrogens is 1. The Hall–Kier alpha value is -3.63. The second-order valence-corrected chi connectivity index (χ2v) is 10.9. The van der Waals surface area contributed by atoms with Crippen molar-refractivity contribution in [2.75, 3.05) is 23.3 Å². The number of thiazole rings is 1. The van der Waals surface area contributed by atoms with Gasteiger partial charge in [-0.2, -0.15) is 0 Å². The summed E-state index contributed by atoms with van der Waals surface area (Å²) in [4.78, 5) is 25.4. The van der Waals surface area contributed by atoms with Gasteiger partial charge in [0.2, 0.25) is 5.91 Å². The molecule has 0 aliphatic carbocycles. The number of anilines is 2. The molecule has 0 fully saturated rings. The molecule has 0 aliphatic rings. The maximum absolute atomic E-state index is 13.5. The molecule has 1 amide bonds. The summed E-state index contributed by atoms with van der Waals surface area (Å²) in [6.07, 6.45) is 0. The number of carbonyl (C=O) groups is 1. The third kappa shape index (κ3) is 4.94. The highest BCUT2D eigenvalue weighted by Gasteiger charge is 2.29. The van der Waals surface area contributed by atoms with Crippen molar-refractivity contribution in [2.45, 2.75) is 24.8 Å². The number of hydrogen-bond acceptors (Lipinski definition) is 6. The minimum atomic E-state index is -4.07. The van der Waals surface area contributed by atoms with Gasteiger partial charge in [0.25, 0.3) is 10.0 Å². The number of amides is 1. The fourth-order valence-corrected chi connectivity index (χ4v) is 6.29. The summed E-state index contributed by atoms with van der Waals surface area (Å²) in [7, 11) is -2.63. The molecule has 0 saturated heterocycles. The van der Waals surface area contributed by atoms with Gasteiger partial charge in [-0.15, -0.1) is 0 Å². The zero-order valence-electron chi connectivity index (χ0n) is 19.5. The molecule has 1 N–H and O–H groups in total. The van der Waals surface area contributed by atoms with Crippen LogP contribution in [0.3, 0.4) is 0 Å². The number of carbonyl (C=O) groups excluding carboxylic acids is 1. The molecule has 182 valence electrons. The van der Waals surface area contributed by atoms with Crippen molar-refractivity contribution >= 4 is 48.9 Å². The fraction of sp³-hybridized carbons (Fsp3) is 0.200. The van der Waals surface area contributed by atoms with Crippen LogP contribution in [0.25, 0.3) is 10.2 Å². The van der Waals surface area contributed by atoms with Crippen molar-refractivity contribution in [2.24, 2.45) is 0 Å². The van der Waals surface area contributed by atoms with Crippen molar-refractivity contribution in [3.63, 3.8) is 0 Å². The van der Waals surface area contributed by atoms with Crippen LogP contribution in [0.15, 0.2) is 82.5 Å². The second-order valence-electron chi connectivity index (χ2n) is 8.06. The van der Waals surface area contributed by atoms with Crippen LogP contribution in [0.5, 0.6) is 5.75 Å². The van der Waals surface area contributed by atoms with E-state index >= 15 is 0 Å². The Labute approximate surface area is 207 Å². The summed E-state index contributed by atoms with van der Waals surface area (Å²) < 4.78 is 35.9. The van der Waals surface area contributed by atoms with E-state index in [1.807, 2.05) is 13.8 Å². The minimum Gasteiger partial charge on any atom is -0.495 e. The first-order valence-electron chi connectivity index (χ1n) is 10.9. The van der Waals surface area contributed by atoms with Gasteiger partial charge in [0.05, 0.1) is 27.9 Å². The summed E-state index contributed by atoms with van der Waals surface area (Å²) in [6.45, 7) is 3.39. The van der Waals surface area contributed by atoms with Crippen molar-refractivity contribution in [1.82, 2.24) is 4.57 Å². The first kappa shape index (κ1) is 24.5. The first-order chi connectivity index (χ1) is 16.7. The second kappa shape index (κ2) is 9.93. The van der Waals surface area contributed by atoms with Gasteiger partial charge in [-0.05, 0) is 56.3 Å². The Morgan fingerprint density at radius 2 is 1.74 bits per heavy atom. The number of ether oxygens (including phenoxy) is 1. The molecule has 1 aromatic heterocycles. The predicted molar refractivity (Wildman–Crippen MR) is 139 cm³/mol. The molecule has 0 saturated carbocycles. The Morgan fingerprint density at radius 3 is 2.43 bits per heavy atom. The maximum atomic E-state index is 13.5. The number of hydrogen-bond donors (Lipinski definition) is 1. The molecular formula is C25H25N3O5S2. The van der Waals surface area contributed by atoms with Crippen molar-refractivity contribution < 1.29 is 17.9 Å². The molecule has 0 atom stereocenters. The SMILES string of the molecule is COc1ccccc1N(CC(=O)Nc1ccc2c(c1)sc(=O)n2C(C)C)S(=O)(=O)c1ccccc1. The van der Waals surface area contributed by atoms with E-state index in [1.54, 1.807) is 65.2 Å². The number of fused-ring (bicyclic) bond motifs is 1. The van der Waals surface area contributed by atoms with Crippen molar-refractivity contribution in [3.05, 3.63) is 82.5 Å². The van der Waals surface area contributed by atoms with E-state index in [9.17, 15) is 18.0 Å². The number of nitrogens with one attached hydrogen (secondary N) is 1. The van der Waals surface area contributed by atoms with Gasteiger partial charge in [0, 0.05) is 11.7 Å². The number of benzene rings is 3. The molecule has 0 aliphatic heterocycles. The molecule has 4 aromatic rings. The third-order valence-electron chi connectivity index (χ3n) is 5.39. The van der Waals surface area contributed by atoms with Crippen LogP contribution >= 0.6 is 11.3 Å². The third-order valence-corrected chi connectivity index (χ3v) is 8.08. The van der Waals surface area contributed by atoms with Gasteiger partial charge in [0.15, 0.2) is 0 Å². The van der Waals surface area contributed by atoms with Crippen LogP contribution in [0, 0.1) is 0 Å². The standard InChI is InChI=1S/C25H25N3O5S2/c1-17(2)28-21-14-13-18(15-23(21)34-25(28)30)26-24(29)16-27(20-11-7-8-12-22(20)33-3)35(31,32)19-9-5-4-6-10-19/h4-15,17H,16H2,1-3H3,(H,26,29). The summed E-state index contributed by atoms with van der Waals surface area (Å²) in [5, 5.41) is 2.76. The zero-order valence-corrected chi connectivity index (χ0v) is 21.1. The van der Waals surface area contributed by atoms with Gasteiger partial charge in [-0.1, -0.05) is 41.7 Å². The minimum absolute atomic E-state index is 0.00861. The zero-order chi connectivity index (χ0) is 25.2. The molecule has 0 unspecified atom stereocenters. The van der Waals surface area contributed by atoms with E-state index in [1.165, 1.54) is 19.2 Å². The Kier molecular flexibility index (Phi) is 6.95. The molecule has 4 rings (SSSR count). The highest BCUT2D eigenvalue weighted by atomic mass is 32.2. The molecule has 0 spiro atoms. The predicted octanol–water partition coefficient (Wildman–Crippen LogP) is 4.49. The fourth-order valence-electron chi connectivity index (χ4n) is 3.79. The molecule has 3 aromatic carbocycles. The molecule has 0 bridgehead atoms. The maximum Gasteiger partial charge on any atom is 0.308 e. The van der Waals surface area contributed by atoms with E-state index in [4.69, 9.17) is 4.74 Å². The van der Waals surface area contributed by atoms with Crippen molar-refractivity contribution in [1.29, 1.82) is 0 Å². The summed E-state index contributed by atoms with van der Waals surface area (Å²) >= 11 is 1.10. The largest absolute Gasteiger partial charge is 0.495 e. The lowest BCUT2D eigenvalue weighted by Gasteiger charge is -2.25. The molecule has 35 heavy (non-hydrogen) atoms. The Bertz CT molecular complexity index is 1530. The van der Waals surface area contributed by atoms with Crippen LogP contribution in [0.4, 0.5) is 11.4 Å². The lowest BCUT2D eigenvalue weighted by atomic mass is 10.2. The molecule has 8 nitrogen and oxygen atoms in total.